The first-order chi connectivity index (χ1) is 12.3. The number of aromatic amines is 1. The van der Waals surface area contributed by atoms with Gasteiger partial charge in [0.1, 0.15) is 11.3 Å². The van der Waals surface area contributed by atoms with Crippen molar-refractivity contribution in [2.75, 3.05) is 37.7 Å². The maximum absolute atomic E-state index is 5.32. The van der Waals surface area contributed by atoms with Crippen LogP contribution < -0.4 is 15.0 Å². The second-order valence-electron chi connectivity index (χ2n) is 6.20. The number of hydrogen-bond donors (Lipinski definition) is 3. The molecule has 4 heterocycles. The van der Waals surface area contributed by atoms with E-state index in [0.29, 0.717) is 0 Å². The van der Waals surface area contributed by atoms with Gasteiger partial charge in [0.15, 0.2) is 0 Å². The van der Waals surface area contributed by atoms with Gasteiger partial charge in [0.2, 0.25) is 0 Å². The highest BCUT2D eigenvalue weighted by atomic mass is 32.1. The van der Waals surface area contributed by atoms with Gasteiger partial charge >= 0.3 is 0 Å². The molecule has 3 aromatic rings. The third-order valence-corrected chi connectivity index (χ3v) is 4.82. The molecule has 0 amide bonds. The summed E-state index contributed by atoms with van der Waals surface area (Å²) in [6.07, 6.45) is 4.94. The summed E-state index contributed by atoms with van der Waals surface area (Å²) in [6, 6.07) is 10.0. The first kappa shape index (κ1) is 16.3. The fraction of sp³-hybridized carbons (Fsp3) is 0.316. The van der Waals surface area contributed by atoms with E-state index in [1.807, 2.05) is 24.4 Å². The minimum absolute atomic E-state index is 0.826. The van der Waals surface area contributed by atoms with E-state index in [2.05, 4.69) is 51.1 Å². The van der Waals surface area contributed by atoms with E-state index in [4.69, 9.17) is 4.74 Å². The molecule has 0 atom stereocenters. The van der Waals surface area contributed by atoms with Gasteiger partial charge in [-0.2, -0.15) is 0 Å². The number of thiol groups is 1. The fourth-order valence-electron chi connectivity index (χ4n) is 3.26. The highest BCUT2D eigenvalue weighted by Gasteiger charge is 2.14. The molecule has 130 valence electrons. The third-order valence-electron chi connectivity index (χ3n) is 4.55. The molecule has 0 radical (unpaired) electrons. The third kappa shape index (κ3) is 3.60. The second-order valence-corrected chi connectivity index (χ2v) is 6.72. The predicted octanol–water partition coefficient (Wildman–Crippen LogP) is 2.88. The van der Waals surface area contributed by atoms with Gasteiger partial charge in [0, 0.05) is 49.9 Å². The zero-order chi connectivity index (χ0) is 17.1. The summed E-state index contributed by atoms with van der Waals surface area (Å²) in [5.74, 6) is 1.03. The number of ether oxygens (including phenoxy) is 1. The van der Waals surface area contributed by atoms with Crippen molar-refractivity contribution in [3.05, 3.63) is 48.3 Å². The van der Waals surface area contributed by atoms with Gasteiger partial charge in [0.25, 0.3) is 0 Å². The van der Waals surface area contributed by atoms with E-state index < -0.39 is 0 Å². The summed E-state index contributed by atoms with van der Waals surface area (Å²) in [4.78, 5) is 11.1. The normalized spacial score (nSPS) is 16.1. The SMILES string of the molecule is Sc1ccc2c(c1)CCO2.c1cnc2c(N3CCNCC3)c[nH]c2c1. The Morgan fingerprint density at radius 2 is 2.04 bits per heavy atom. The van der Waals surface area contributed by atoms with Crippen LogP contribution >= 0.6 is 12.6 Å². The van der Waals surface area contributed by atoms with E-state index in [9.17, 15) is 0 Å². The lowest BCUT2D eigenvalue weighted by Gasteiger charge is -2.28. The summed E-state index contributed by atoms with van der Waals surface area (Å²) in [5, 5.41) is 3.35. The summed E-state index contributed by atoms with van der Waals surface area (Å²) in [5.41, 5.74) is 4.71. The van der Waals surface area contributed by atoms with E-state index in [0.717, 1.165) is 60.9 Å². The first-order valence-corrected chi connectivity index (χ1v) is 9.08. The van der Waals surface area contributed by atoms with Crippen LogP contribution in [-0.4, -0.2) is 42.8 Å². The van der Waals surface area contributed by atoms with Gasteiger partial charge in [-0.1, -0.05) is 0 Å². The summed E-state index contributed by atoms with van der Waals surface area (Å²) < 4.78 is 5.32. The number of fused-ring (bicyclic) bond motifs is 2. The zero-order valence-corrected chi connectivity index (χ0v) is 14.9. The number of nitrogens with one attached hydrogen (secondary N) is 2. The fourth-order valence-corrected chi connectivity index (χ4v) is 3.49. The minimum Gasteiger partial charge on any atom is -0.493 e. The molecule has 5 nitrogen and oxygen atoms in total. The Hall–Kier alpha value is -2.18. The van der Waals surface area contributed by atoms with Gasteiger partial charge in [-0.25, -0.2) is 0 Å². The molecule has 2 N–H and O–H groups in total. The Kier molecular flexibility index (Phi) is 4.81. The van der Waals surface area contributed by atoms with Gasteiger partial charge in [-0.15, -0.1) is 12.6 Å². The Morgan fingerprint density at radius 3 is 2.92 bits per heavy atom. The smallest absolute Gasteiger partial charge is 0.122 e. The molecule has 5 rings (SSSR count). The Labute approximate surface area is 152 Å². The molecule has 2 aliphatic rings. The number of rotatable bonds is 1. The van der Waals surface area contributed by atoms with Crippen LogP contribution in [0.25, 0.3) is 11.0 Å². The molecule has 2 aromatic heterocycles. The van der Waals surface area contributed by atoms with Crippen molar-refractivity contribution < 1.29 is 4.74 Å². The Balaban J connectivity index is 0.000000136. The Bertz CT molecular complexity index is 858. The van der Waals surface area contributed by atoms with E-state index in [1.54, 1.807) is 0 Å². The van der Waals surface area contributed by atoms with Crippen molar-refractivity contribution >= 4 is 29.3 Å². The zero-order valence-electron chi connectivity index (χ0n) is 14.0. The molecular formula is C19H22N4OS. The largest absolute Gasteiger partial charge is 0.493 e. The lowest BCUT2D eigenvalue weighted by molar-refractivity contribution is 0.357. The van der Waals surface area contributed by atoms with Crippen molar-refractivity contribution in [3.8, 4) is 5.75 Å². The highest BCUT2D eigenvalue weighted by Crippen LogP contribution is 2.27. The van der Waals surface area contributed by atoms with Crippen molar-refractivity contribution in [3.63, 3.8) is 0 Å². The van der Waals surface area contributed by atoms with Crippen LogP contribution in [0.1, 0.15) is 5.56 Å². The van der Waals surface area contributed by atoms with Crippen LogP contribution in [0, 0.1) is 0 Å². The topological polar surface area (TPSA) is 53.2 Å². The number of piperazine rings is 1. The average Bonchev–Trinajstić information content (AvgIpc) is 3.29. The number of anilines is 1. The van der Waals surface area contributed by atoms with Gasteiger partial charge in [-0.3, -0.25) is 4.98 Å². The van der Waals surface area contributed by atoms with Gasteiger partial charge < -0.3 is 19.9 Å². The maximum Gasteiger partial charge on any atom is 0.122 e. The predicted molar refractivity (Wildman–Crippen MR) is 104 cm³/mol. The average molecular weight is 354 g/mol. The number of aromatic nitrogens is 2. The molecular weight excluding hydrogens is 332 g/mol. The van der Waals surface area contributed by atoms with Gasteiger partial charge in [-0.05, 0) is 35.9 Å². The van der Waals surface area contributed by atoms with E-state index >= 15 is 0 Å². The van der Waals surface area contributed by atoms with Crippen LogP contribution in [0.5, 0.6) is 5.75 Å². The van der Waals surface area contributed by atoms with Crippen LogP contribution in [0.2, 0.25) is 0 Å². The molecule has 0 spiro atoms. The van der Waals surface area contributed by atoms with Crippen molar-refractivity contribution in [1.82, 2.24) is 15.3 Å². The summed E-state index contributed by atoms with van der Waals surface area (Å²) in [7, 11) is 0. The molecule has 0 saturated carbocycles. The molecule has 1 fully saturated rings. The molecule has 0 aliphatic carbocycles. The molecule has 0 bridgehead atoms. The number of pyridine rings is 1. The molecule has 0 unspecified atom stereocenters. The molecule has 1 aromatic carbocycles. The molecule has 6 heteroatoms. The van der Waals surface area contributed by atoms with Crippen molar-refractivity contribution in [1.29, 1.82) is 0 Å². The molecule has 2 aliphatic heterocycles. The van der Waals surface area contributed by atoms with E-state index in [-0.39, 0.29) is 0 Å². The second kappa shape index (κ2) is 7.37. The van der Waals surface area contributed by atoms with Crippen LogP contribution in [0.3, 0.4) is 0 Å². The summed E-state index contributed by atoms with van der Waals surface area (Å²) >= 11 is 4.23. The number of hydrogen-bond acceptors (Lipinski definition) is 5. The number of benzene rings is 1. The molecule has 1 saturated heterocycles. The quantitative estimate of drug-likeness (QED) is 0.588. The van der Waals surface area contributed by atoms with Crippen LogP contribution in [0.4, 0.5) is 5.69 Å². The highest BCUT2D eigenvalue weighted by molar-refractivity contribution is 7.80. The summed E-state index contributed by atoms with van der Waals surface area (Å²) in [6.45, 7) is 5.05. The van der Waals surface area contributed by atoms with E-state index in [1.165, 1.54) is 11.3 Å². The lowest BCUT2D eigenvalue weighted by Crippen LogP contribution is -2.43. The van der Waals surface area contributed by atoms with Crippen LogP contribution in [-0.2, 0) is 6.42 Å². The standard InChI is InChI=1S/C11H14N4.C8H8OS/c1-2-9-11(13-3-1)10(8-14-9)15-6-4-12-5-7-15;10-7-1-2-8-6(5-7)3-4-9-8/h1-3,8,12,14H,4-7H2;1-2,5,10H,3-4H2. The monoisotopic (exact) mass is 354 g/mol. The lowest BCUT2D eigenvalue weighted by atomic mass is 10.2. The molecule has 25 heavy (non-hydrogen) atoms. The maximum atomic E-state index is 5.32. The number of nitrogens with zero attached hydrogens (tertiary/aromatic N) is 2. The minimum atomic E-state index is 0.826. The van der Waals surface area contributed by atoms with Crippen molar-refractivity contribution in [2.45, 2.75) is 11.3 Å². The van der Waals surface area contributed by atoms with Crippen molar-refractivity contribution in [2.24, 2.45) is 0 Å². The van der Waals surface area contributed by atoms with Crippen LogP contribution in [0.15, 0.2) is 47.6 Å². The first-order valence-electron chi connectivity index (χ1n) is 8.64. The Morgan fingerprint density at radius 1 is 1.16 bits per heavy atom. The van der Waals surface area contributed by atoms with Gasteiger partial charge in [0.05, 0.1) is 17.8 Å². The number of H-pyrrole nitrogens is 1.